The Labute approximate surface area is 120 Å². The smallest absolute Gasteiger partial charge is 0.293 e. The fourth-order valence-corrected chi connectivity index (χ4v) is 1.67. The van der Waals surface area contributed by atoms with E-state index in [4.69, 9.17) is 17.0 Å². The number of nitrogens with one attached hydrogen (secondary N) is 1. The van der Waals surface area contributed by atoms with Crippen LogP contribution in [0.25, 0.3) is 0 Å². The SMILES string of the molecule is CCCOc1cccc(/C=N/n2c(=O)cn[nH]c2=S)c1. The summed E-state index contributed by atoms with van der Waals surface area (Å²) in [6.45, 7) is 2.71. The van der Waals surface area contributed by atoms with Crippen LogP contribution in [0.2, 0.25) is 0 Å². The molecular formula is C13H14N4O2S. The van der Waals surface area contributed by atoms with Crippen LogP contribution in [0.5, 0.6) is 5.75 Å². The van der Waals surface area contributed by atoms with Gasteiger partial charge in [0.2, 0.25) is 4.77 Å². The molecule has 6 nitrogen and oxygen atoms in total. The average molecular weight is 290 g/mol. The Morgan fingerprint density at radius 2 is 2.40 bits per heavy atom. The lowest BCUT2D eigenvalue weighted by atomic mass is 10.2. The van der Waals surface area contributed by atoms with Gasteiger partial charge in [0.05, 0.1) is 12.8 Å². The largest absolute Gasteiger partial charge is 0.494 e. The van der Waals surface area contributed by atoms with Gasteiger partial charge in [-0.25, -0.2) is 0 Å². The fourth-order valence-electron chi connectivity index (χ4n) is 1.48. The van der Waals surface area contributed by atoms with Gasteiger partial charge in [0.1, 0.15) is 11.9 Å². The van der Waals surface area contributed by atoms with Crippen LogP contribution >= 0.6 is 12.2 Å². The van der Waals surface area contributed by atoms with Crippen LogP contribution in [-0.4, -0.2) is 27.7 Å². The first-order valence-corrected chi connectivity index (χ1v) is 6.55. The van der Waals surface area contributed by atoms with E-state index in [1.165, 1.54) is 0 Å². The monoisotopic (exact) mass is 290 g/mol. The van der Waals surface area contributed by atoms with E-state index in [9.17, 15) is 4.79 Å². The second kappa shape index (κ2) is 6.76. The Bertz CT molecular complexity index is 692. The molecule has 2 rings (SSSR count). The lowest BCUT2D eigenvalue weighted by Gasteiger charge is -2.04. The van der Waals surface area contributed by atoms with Crippen molar-refractivity contribution in [2.45, 2.75) is 13.3 Å². The van der Waals surface area contributed by atoms with E-state index in [2.05, 4.69) is 15.3 Å². The van der Waals surface area contributed by atoms with Crippen LogP contribution in [0.4, 0.5) is 0 Å². The molecule has 0 aliphatic heterocycles. The third-order valence-corrected chi connectivity index (χ3v) is 2.65. The van der Waals surface area contributed by atoms with Gasteiger partial charge in [-0.3, -0.25) is 9.89 Å². The van der Waals surface area contributed by atoms with E-state index in [0.717, 1.165) is 28.6 Å². The third-order valence-electron chi connectivity index (χ3n) is 2.39. The third kappa shape index (κ3) is 3.61. The molecule has 0 aliphatic carbocycles. The number of ether oxygens (including phenoxy) is 1. The molecule has 2 aromatic rings. The van der Waals surface area contributed by atoms with Gasteiger partial charge in [-0.2, -0.15) is 14.9 Å². The second-order valence-corrected chi connectivity index (χ2v) is 4.38. The van der Waals surface area contributed by atoms with Crippen LogP contribution in [0.1, 0.15) is 18.9 Å². The van der Waals surface area contributed by atoms with Crippen molar-refractivity contribution < 1.29 is 4.74 Å². The van der Waals surface area contributed by atoms with Crippen LogP contribution in [0.3, 0.4) is 0 Å². The molecule has 0 radical (unpaired) electrons. The summed E-state index contributed by atoms with van der Waals surface area (Å²) in [6, 6.07) is 7.44. The maximum atomic E-state index is 11.5. The minimum Gasteiger partial charge on any atom is -0.494 e. The van der Waals surface area contributed by atoms with Gasteiger partial charge in [0.25, 0.3) is 5.56 Å². The second-order valence-electron chi connectivity index (χ2n) is 3.99. The van der Waals surface area contributed by atoms with Crippen molar-refractivity contribution in [1.82, 2.24) is 14.9 Å². The van der Waals surface area contributed by atoms with Crippen molar-refractivity contribution >= 4 is 18.4 Å². The quantitative estimate of drug-likeness (QED) is 0.675. The molecule has 20 heavy (non-hydrogen) atoms. The molecule has 0 spiro atoms. The summed E-state index contributed by atoms with van der Waals surface area (Å²) in [5, 5.41) is 10.1. The first-order valence-electron chi connectivity index (χ1n) is 6.14. The number of aromatic amines is 1. The Morgan fingerprint density at radius 1 is 1.55 bits per heavy atom. The van der Waals surface area contributed by atoms with Gasteiger partial charge < -0.3 is 4.74 Å². The van der Waals surface area contributed by atoms with Gasteiger partial charge in [0.15, 0.2) is 0 Å². The highest BCUT2D eigenvalue weighted by Gasteiger charge is 1.97. The highest BCUT2D eigenvalue weighted by Crippen LogP contribution is 2.12. The standard InChI is InChI=1S/C13H14N4O2S/c1-2-6-19-11-5-3-4-10(7-11)8-15-17-12(18)9-14-16-13(17)20/h3-5,7-9H,2,6H2,1H3,(H,16,20)/b15-8+. The fraction of sp³-hybridized carbons (Fsp3) is 0.231. The van der Waals surface area contributed by atoms with Crippen molar-refractivity contribution in [3.8, 4) is 5.75 Å². The predicted octanol–water partition coefficient (Wildman–Crippen LogP) is 1.97. The number of hydrogen-bond donors (Lipinski definition) is 1. The molecule has 0 amide bonds. The molecule has 0 unspecified atom stereocenters. The van der Waals surface area contributed by atoms with Crippen LogP contribution < -0.4 is 10.3 Å². The van der Waals surface area contributed by atoms with Gasteiger partial charge in [0, 0.05) is 0 Å². The van der Waals surface area contributed by atoms with Gasteiger partial charge >= 0.3 is 0 Å². The Kier molecular flexibility index (Phi) is 4.78. The molecular weight excluding hydrogens is 276 g/mol. The summed E-state index contributed by atoms with van der Waals surface area (Å²) < 4.78 is 6.75. The van der Waals surface area contributed by atoms with Crippen molar-refractivity contribution in [3.63, 3.8) is 0 Å². The molecule has 0 atom stereocenters. The molecule has 1 N–H and O–H groups in total. The zero-order chi connectivity index (χ0) is 14.4. The molecule has 1 aromatic heterocycles. The normalized spacial score (nSPS) is 10.8. The Balaban J connectivity index is 2.23. The maximum absolute atomic E-state index is 11.5. The first-order chi connectivity index (χ1) is 9.70. The van der Waals surface area contributed by atoms with E-state index in [-0.39, 0.29) is 10.3 Å². The molecule has 0 saturated carbocycles. The van der Waals surface area contributed by atoms with Gasteiger partial charge in [-0.05, 0) is 36.3 Å². The molecule has 0 aliphatic rings. The lowest BCUT2D eigenvalue weighted by Crippen LogP contribution is -2.18. The molecule has 0 saturated heterocycles. The number of hydrogen-bond acceptors (Lipinski definition) is 5. The van der Waals surface area contributed by atoms with E-state index in [1.807, 2.05) is 31.2 Å². The summed E-state index contributed by atoms with van der Waals surface area (Å²) in [5.74, 6) is 0.767. The highest BCUT2D eigenvalue weighted by molar-refractivity contribution is 7.71. The van der Waals surface area contributed by atoms with Crippen LogP contribution in [-0.2, 0) is 0 Å². The van der Waals surface area contributed by atoms with E-state index < -0.39 is 0 Å². The Morgan fingerprint density at radius 3 is 3.15 bits per heavy atom. The molecule has 1 heterocycles. The van der Waals surface area contributed by atoms with Crippen molar-refractivity contribution in [2.24, 2.45) is 5.10 Å². The topological polar surface area (TPSA) is 72.3 Å². The molecule has 7 heteroatoms. The van der Waals surface area contributed by atoms with Crippen LogP contribution in [0.15, 0.2) is 40.4 Å². The minimum absolute atomic E-state index is 0.145. The van der Waals surface area contributed by atoms with Crippen molar-refractivity contribution in [2.75, 3.05) is 6.61 Å². The molecule has 104 valence electrons. The van der Waals surface area contributed by atoms with Crippen molar-refractivity contribution in [3.05, 3.63) is 51.2 Å². The first kappa shape index (κ1) is 14.1. The number of nitrogens with zero attached hydrogens (tertiary/aromatic N) is 3. The lowest BCUT2D eigenvalue weighted by molar-refractivity contribution is 0.317. The van der Waals surface area contributed by atoms with E-state index >= 15 is 0 Å². The number of aromatic nitrogens is 3. The summed E-state index contributed by atoms with van der Waals surface area (Å²) in [4.78, 5) is 11.5. The molecule has 1 aromatic carbocycles. The van der Waals surface area contributed by atoms with E-state index in [0.29, 0.717) is 6.61 Å². The molecule has 0 bridgehead atoms. The minimum atomic E-state index is -0.386. The van der Waals surface area contributed by atoms with Crippen LogP contribution in [0, 0.1) is 4.77 Å². The van der Waals surface area contributed by atoms with Crippen molar-refractivity contribution in [1.29, 1.82) is 0 Å². The van der Waals surface area contributed by atoms with Gasteiger partial charge in [-0.1, -0.05) is 19.1 Å². The molecule has 0 fully saturated rings. The number of H-pyrrole nitrogens is 1. The summed E-state index contributed by atoms with van der Waals surface area (Å²) in [7, 11) is 0. The number of rotatable bonds is 5. The maximum Gasteiger partial charge on any atom is 0.293 e. The predicted molar refractivity (Wildman–Crippen MR) is 78.9 cm³/mol. The average Bonchev–Trinajstić information content (AvgIpc) is 2.45. The number of benzene rings is 1. The zero-order valence-corrected chi connectivity index (χ0v) is 11.8. The zero-order valence-electron chi connectivity index (χ0n) is 10.9. The summed E-state index contributed by atoms with van der Waals surface area (Å²) >= 11 is 4.94. The van der Waals surface area contributed by atoms with Gasteiger partial charge in [-0.15, -0.1) is 0 Å². The highest BCUT2D eigenvalue weighted by atomic mass is 32.1. The summed E-state index contributed by atoms with van der Waals surface area (Å²) in [6.07, 6.45) is 3.61. The Hall–Kier alpha value is -2.28. The summed E-state index contributed by atoms with van der Waals surface area (Å²) in [5.41, 5.74) is 0.431. The van der Waals surface area contributed by atoms with E-state index in [1.54, 1.807) is 6.21 Å².